The highest BCUT2D eigenvalue weighted by Gasteiger charge is 2.35. The number of likely N-dealkylation sites (tertiary alicyclic amines) is 1. The van der Waals surface area contributed by atoms with E-state index in [-0.39, 0.29) is 0 Å². The van der Waals surface area contributed by atoms with E-state index in [0.717, 1.165) is 29.1 Å². The zero-order valence-electron chi connectivity index (χ0n) is 12.7. The first kappa shape index (κ1) is 15.1. The van der Waals surface area contributed by atoms with E-state index in [9.17, 15) is 0 Å². The minimum Gasteiger partial charge on any atom is -0.486 e. The second-order valence-corrected chi connectivity index (χ2v) is 6.56. The minimum atomic E-state index is 0.453. The smallest absolute Gasteiger partial charge is 0.175 e. The van der Waals surface area contributed by atoms with E-state index in [2.05, 4.69) is 45.2 Å². The van der Waals surface area contributed by atoms with E-state index in [1.54, 1.807) is 0 Å². The van der Waals surface area contributed by atoms with Gasteiger partial charge in [0, 0.05) is 6.04 Å². The molecule has 0 spiro atoms. The fourth-order valence-corrected chi connectivity index (χ4v) is 4.12. The van der Waals surface area contributed by atoms with Gasteiger partial charge in [0.15, 0.2) is 11.5 Å². The molecule has 2 atom stereocenters. The summed E-state index contributed by atoms with van der Waals surface area (Å²) in [6.07, 6.45) is 1.24. The molecular formula is C16H23BrN2O2. The number of rotatable bonds is 4. The first-order valence-corrected chi connectivity index (χ1v) is 8.51. The molecule has 1 aromatic carbocycles. The lowest BCUT2D eigenvalue weighted by Gasteiger charge is -2.29. The number of hydrogen-bond acceptors (Lipinski definition) is 4. The zero-order valence-corrected chi connectivity index (χ0v) is 14.3. The van der Waals surface area contributed by atoms with Gasteiger partial charge < -0.3 is 14.8 Å². The molecule has 4 nitrogen and oxygen atoms in total. The molecule has 2 unspecified atom stereocenters. The molecule has 0 saturated carbocycles. The maximum Gasteiger partial charge on any atom is 0.175 e. The summed E-state index contributed by atoms with van der Waals surface area (Å²) in [6, 6.07) is 4.82. The molecule has 0 bridgehead atoms. The van der Waals surface area contributed by atoms with E-state index in [0.29, 0.717) is 25.2 Å². The molecule has 0 radical (unpaired) electrons. The molecule has 1 saturated heterocycles. The molecular weight excluding hydrogens is 332 g/mol. The van der Waals surface area contributed by atoms with Crippen LogP contribution in [0.4, 0.5) is 0 Å². The number of ether oxygens (including phenoxy) is 2. The van der Waals surface area contributed by atoms with Gasteiger partial charge >= 0.3 is 0 Å². The Labute approximate surface area is 134 Å². The van der Waals surface area contributed by atoms with Gasteiger partial charge in [-0.1, -0.05) is 6.92 Å². The Morgan fingerprint density at radius 2 is 2.14 bits per heavy atom. The van der Waals surface area contributed by atoms with Gasteiger partial charge in [-0.3, -0.25) is 4.90 Å². The van der Waals surface area contributed by atoms with Crippen LogP contribution in [0.2, 0.25) is 0 Å². The van der Waals surface area contributed by atoms with E-state index < -0.39 is 0 Å². The molecule has 1 fully saturated rings. The van der Waals surface area contributed by atoms with Crippen molar-refractivity contribution in [2.75, 3.05) is 39.9 Å². The molecule has 5 heteroatoms. The Morgan fingerprint density at radius 3 is 2.90 bits per heavy atom. The van der Waals surface area contributed by atoms with Crippen LogP contribution in [-0.2, 0) is 0 Å². The molecule has 3 rings (SSSR count). The van der Waals surface area contributed by atoms with Gasteiger partial charge in [0.2, 0.25) is 0 Å². The lowest BCUT2D eigenvalue weighted by molar-refractivity contribution is 0.169. The Balaban J connectivity index is 1.95. The second kappa shape index (κ2) is 6.55. The normalized spacial score (nSPS) is 25.3. The van der Waals surface area contributed by atoms with Crippen LogP contribution in [0.1, 0.15) is 24.9 Å². The summed E-state index contributed by atoms with van der Waals surface area (Å²) >= 11 is 3.64. The molecule has 0 aliphatic carbocycles. The van der Waals surface area contributed by atoms with Crippen LogP contribution in [0.25, 0.3) is 0 Å². The monoisotopic (exact) mass is 354 g/mol. The lowest BCUT2D eigenvalue weighted by atomic mass is 9.93. The zero-order chi connectivity index (χ0) is 14.8. The van der Waals surface area contributed by atoms with Crippen molar-refractivity contribution in [1.82, 2.24) is 10.2 Å². The van der Waals surface area contributed by atoms with Gasteiger partial charge in [-0.05, 0) is 72.6 Å². The van der Waals surface area contributed by atoms with Gasteiger partial charge in [-0.2, -0.15) is 0 Å². The summed E-state index contributed by atoms with van der Waals surface area (Å²) in [5.74, 6) is 2.36. The predicted molar refractivity (Wildman–Crippen MR) is 87.2 cm³/mol. The predicted octanol–water partition coefficient (Wildman–Crippen LogP) is 2.82. The summed E-state index contributed by atoms with van der Waals surface area (Å²) in [5.41, 5.74) is 1.32. The maximum absolute atomic E-state index is 5.78. The molecule has 0 aromatic heterocycles. The number of fused-ring (bicyclic) bond motifs is 1. The average molecular weight is 355 g/mol. The van der Waals surface area contributed by atoms with E-state index >= 15 is 0 Å². The van der Waals surface area contributed by atoms with Gasteiger partial charge in [0.05, 0.1) is 4.47 Å². The highest BCUT2D eigenvalue weighted by atomic mass is 79.9. The number of halogens is 1. The number of nitrogens with one attached hydrogen (secondary N) is 1. The van der Waals surface area contributed by atoms with Crippen LogP contribution in [0.15, 0.2) is 16.6 Å². The molecule has 1 aromatic rings. The Morgan fingerprint density at radius 1 is 1.33 bits per heavy atom. The molecule has 0 amide bonds. The summed E-state index contributed by atoms with van der Waals surface area (Å²) in [7, 11) is 2.03. The van der Waals surface area contributed by atoms with Crippen molar-refractivity contribution in [3.05, 3.63) is 22.2 Å². The van der Waals surface area contributed by atoms with Crippen LogP contribution in [0, 0.1) is 5.92 Å². The second-order valence-electron chi connectivity index (χ2n) is 5.71. The largest absolute Gasteiger partial charge is 0.486 e. The number of hydrogen-bond donors (Lipinski definition) is 1. The fourth-order valence-electron chi connectivity index (χ4n) is 3.54. The third-order valence-corrected chi connectivity index (χ3v) is 5.05. The van der Waals surface area contributed by atoms with Gasteiger partial charge in [-0.25, -0.2) is 0 Å². The van der Waals surface area contributed by atoms with Crippen molar-refractivity contribution in [2.24, 2.45) is 5.92 Å². The molecule has 2 aliphatic rings. The van der Waals surface area contributed by atoms with Gasteiger partial charge in [0.1, 0.15) is 13.2 Å². The number of benzene rings is 1. The minimum absolute atomic E-state index is 0.453. The first-order chi connectivity index (χ1) is 10.2. The van der Waals surface area contributed by atoms with Crippen LogP contribution in [0.5, 0.6) is 11.5 Å². The van der Waals surface area contributed by atoms with Crippen LogP contribution in [0.3, 0.4) is 0 Å². The van der Waals surface area contributed by atoms with Gasteiger partial charge in [0.25, 0.3) is 0 Å². The lowest BCUT2D eigenvalue weighted by Crippen LogP contribution is -2.29. The first-order valence-electron chi connectivity index (χ1n) is 7.72. The molecule has 21 heavy (non-hydrogen) atoms. The SMILES string of the molecule is CCN1CCC(CNC)C1c1cc(Br)c2c(c1)OCCO2. The molecule has 2 heterocycles. The quantitative estimate of drug-likeness (QED) is 0.901. The highest BCUT2D eigenvalue weighted by molar-refractivity contribution is 9.10. The Kier molecular flexibility index (Phi) is 4.72. The Hall–Kier alpha value is -0.780. The van der Waals surface area contributed by atoms with Gasteiger partial charge in [-0.15, -0.1) is 0 Å². The summed E-state index contributed by atoms with van der Waals surface area (Å²) in [4.78, 5) is 2.56. The molecule has 116 valence electrons. The standard InChI is InChI=1S/C16H23BrN2O2/c1-3-19-5-4-11(10-18-2)15(19)12-8-13(17)16-14(9-12)20-6-7-21-16/h8-9,11,15,18H,3-7,10H2,1-2H3. The van der Waals surface area contributed by atoms with Crippen LogP contribution in [-0.4, -0.2) is 44.8 Å². The van der Waals surface area contributed by atoms with E-state index in [1.807, 2.05) is 7.05 Å². The maximum atomic E-state index is 5.78. The summed E-state index contributed by atoms with van der Waals surface area (Å²) in [6.45, 7) is 6.79. The van der Waals surface area contributed by atoms with E-state index in [4.69, 9.17) is 9.47 Å². The Bertz CT molecular complexity index is 509. The van der Waals surface area contributed by atoms with Crippen molar-refractivity contribution in [3.8, 4) is 11.5 Å². The topological polar surface area (TPSA) is 33.7 Å². The molecule has 1 N–H and O–H groups in total. The average Bonchev–Trinajstić information content (AvgIpc) is 2.90. The van der Waals surface area contributed by atoms with Crippen molar-refractivity contribution in [1.29, 1.82) is 0 Å². The third kappa shape index (κ3) is 2.91. The van der Waals surface area contributed by atoms with E-state index in [1.165, 1.54) is 18.5 Å². The van der Waals surface area contributed by atoms with Crippen molar-refractivity contribution >= 4 is 15.9 Å². The van der Waals surface area contributed by atoms with Crippen LogP contribution >= 0.6 is 15.9 Å². The van der Waals surface area contributed by atoms with Crippen molar-refractivity contribution in [3.63, 3.8) is 0 Å². The highest BCUT2D eigenvalue weighted by Crippen LogP contribution is 2.44. The summed E-state index contributed by atoms with van der Waals surface area (Å²) in [5, 5.41) is 3.34. The fraction of sp³-hybridized carbons (Fsp3) is 0.625. The van der Waals surface area contributed by atoms with Crippen molar-refractivity contribution < 1.29 is 9.47 Å². The third-order valence-electron chi connectivity index (χ3n) is 4.46. The van der Waals surface area contributed by atoms with Crippen molar-refractivity contribution in [2.45, 2.75) is 19.4 Å². The number of nitrogens with zero attached hydrogens (tertiary/aromatic N) is 1. The molecule has 2 aliphatic heterocycles. The van der Waals surface area contributed by atoms with Crippen LogP contribution < -0.4 is 14.8 Å². The summed E-state index contributed by atoms with van der Waals surface area (Å²) < 4.78 is 12.5.